The summed E-state index contributed by atoms with van der Waals surface area (Å²) in [6, 6.07) is 7.23. The first-order valence-electron chi connectivity index (χ1n) is 6.71. The topological polar surface area (TPSA) is 62.5 Å². The third-order valence-electron chi connectivity index (χ3n) is 3.90. The summed E-state index contributed by atoms with van der Waals surface area (Å²) in [4.78, 5) is 26.0. The summed E-state index contributed by atoms with van der Waals surface area (Å²) in [5.41, 5.74) is 0.490. The van der Waals surface area contributed by atoms with Crippen LogP contribution in [0.15, 0.2) is 29.1 Å². The molecule has 0 amide bonds. The van der Waals surface area contributed by atoms with Gasteiger partial charge in [0.15, 0.2) is 5.69 Å². The second-order valence-corrected chi connectivity index (χ2v) is 5.11. The van der Waals surface area contributed by atoms with E-state index in [-0.39, 0.29) is 11.3 Å². The molecule has 5 heteroatoms. The molecule has 0 bridgehead atoms. The molecule has 0 saturated carbocycles. The fourth-order valence-corrected chi connectivity index (χ4v) is 2.95. The summed E-state index contributed by atoms with van der Waals surface area (Å²) in [6.45, 7) is 1.67. The molecule has 20 heavy (non-hydrogen) atoms. The number of rotatable bonds is 2. The van der Waals surface area contributed by atoms with Crippen LogP contribution in [0, 0.1) is 0 Å². The van der Waals surface area contributed by atoms with E-state index in [4.69, 9.17) is 0 Å². The summed E-state index contributed by atoms with van der Waals surface area (Å²) in [6.07, 6.45) is 2.10. The number of carboxylic acid groups (broad SMARTS) is 1. The van der Waals surface area contributed by atoms with Gasteiger partial charge in [-0.1, -0.05) is 18.2 Å². The zero-order valence-electron chi connectivity index (χ0n) is 11.3. The Kier molecular flexibility index (Phi) is 2.97. The summed E-state index contributed by atoms with van der Waals surface area (Å²) in [5, 5.41) is 10.8. The zero-order valence-corrected chi connectivity index (χ0v) is 11.3. The highest BCUT2D eigenvalue weighted by Crippen LogP contribution is 2.31. The van der Waals surface area contributed by atoms with Gasteiger partial charge in [-0.2, -0.15) is 0 Å². The van der Waals surface area contributed by atoms with E-state index in [1.54, 1.807) is 12.1 Å². The maximum atomic E-state index is 12.3. The molecule has 0 atom stereocenters. The van der Waals surface area contributed by atoms with Crippen molar-refractivity contribution in [3.63, 3.8) is 0 Å². The van der Waals surface area contributed by atoms with Crippen LogP contribution in [0.3, 0.4) is 0 Å². The molecule has 5 nitrogen and oxygen atoms in total. The van der Waals surface area contributed by atoms with Crippen molar-refractivity contribution in [2.45, 2.75) is 12.8 Å². The summed E-state index contributed by atoms with van der Waals surface area (Å²) in [7, 11) is 1.53. The number of aromatic nitrogens is 1. The van der Waals surface area contributed by atoms with E-state index in [0.717, 1.165) is 31.3 Å². The number of nitrogens with zero attached hydrogens (tertiary/aromatic N) is 2. The van der Waals surface area contributed by atoms with Crippen LogP contribution >= 0.6 is 0 Å². The number of hydrogen-bond donors (Lipinski definition) is 1. The van der Waals surface area contributed by atoms with Crippen LogP contribution < -0.4 is 10.5 Å². The van der Waals surface area contributed by atoms with Gasteiger partial charge in [-0.25, -0.2) is 4.79 Å². The molecule has 2 aromatic rings. The first-order chi connectivity index (χ1) is 9.61. The highest BCUT2D eigenvalue weighted by Gasteiger charge is 2.25. The molecular formula is C15H16N2O3. The van der Waals surface area contributed by atoms with Crippen molar-refractivity contribution in [2.75, 3.05) is 18.0 Å². The Morgan fingerprint density at radius 1 is 1.15 bits per heavy atom. The van der Waals surface area contributed by atoms with Gasteiger partial charge in [0.05, 0.1) is 5.69 Å². The van der Waals surface area contributed by atoms with Gasteiger partial charge in [0.2, 0.25) is 0 Å². The molecule has 0 aliphatic carbocycles. The van der Waals surface area contributed by atoms with E-state index < -0.39 is 5.97 Å². The maximum Gasteiger partial charge on any atom is 0.354 e. The number of hydrogen-bond acceptors (Lipinski definition) is 3. The second-order valence-electron chi connectivity index (χ2n) is 5.11. The van der Waals surface area contributed by atoms with Crippen LogP contribution in [0.2, 0.25) is 0 Å². The smallest absolute Gasteiger partial charge is 0.354 e. The molecule has 1 saturated heterocycles. The SMILES string of the molecule is Cn1c(C(=O)O)c(N2CCCC2)c2ccccc2c1=O. The van der Waals surface area contributed by atoms with Crippen LogP contribution in [0.4, 0.5) is 5.69 Å². The third-order valence-corrected chi connectivity index (χ3v) is 3.90. The summed E-state index contributed by atoms with van der Waals surface area (Å²) >= 11 is 0. The highest BCUT2D eigenvalue weighted by atomic mass is 16.4. The number of carbonyl (C=O) groups is 1. The lowest BCUT2D eigenvalue weighted by molar-refractivity contribution is 0.0686. The van der Waals surface area contributed by atoms with E-state index in [1.165, 1.54) is 11.6 Å². The lowest BCUT2D eigenvalue weighted by Gasteiger charge is -2.23. The number of benzene rings is 1. The molecule has 1 aromatic heterocycles. The van der Waals surface area contributed by atoms with Crippen LogP contribution in [-0.4, -0.2) is 28.7 Å². The van der Waals surface area contributed by atoms with Gasteiger partial charge in [0.1, 0.15) is 0 Å². The average molecular weight is 272 g/mol. The van der Waals surface area contributed by atoms with E-state index in [2.05, 4.69) is 4.90 Å². The van der Waals surface area contributed by atoms with Crippen LogP contribution in [-0.2, 0) is 7.05 Å². The minimum absolute atomic E-state index is 0.0793. The van der Waals surface area contributed by atoms with Crippen molar-refractivity contribution in [3.05, 3.63) is 40.3 Å². The summed E-state index contributed by atoms with van der Waals surface area (Å²) < 4.78 is 1.25. The molecule has 0 radical (unpaired) electrons. The Bertz CT molecular complexity index is 743. The predicted octanol–water partition coefficient (Wildman–Crippen LogP) is 1.84. The highest BCUT2D eigenvalue weighted by molar-refractivity contribution is 6.04. The van der Waals surface area contributed by atoms with Crippen LogP contribution in [0.5, 0.6) is 0 Å². The van der Waals surface area contributed by atoms with Gasteiger partial charge in [-0.05, 0) is 18.9 Å². The van der Waals surface area contributed by atoms with Gasteiger partial charge in [0, 0.05) is 30.9 Å². The molecule has 3 rings (SSSR count). The van der Waals surface area contributed by atoms with Crippen molar-refractivity contribution in [3.8, 4) is 0 Å². The van der Waals surface area contributed by atoms with E-state index in [1.807, 2.05) is 12.1 Å². The molecule has 0 spiro atoms. The summed E-state index contributed by atoms with van der Waals surface area (Å²) in [5.74, 6) is -1.06. The van der Waals surface area contributed by atoms with E-state index >= 15 is 0 Å². The molecule has 1 aliphatic rings. The number of fused-ring (bicyclic) bond motifs is 1. The van der Waals surface area contributed by atoms with Crippen molar-refractivity contribution in [2.24, 2.45) is 7.05 Å². The fourth-order valence-electron chi connectivity index (χ4n) is 2.95. The van der Waals surface area contributed by atoms with Gasteiger partial charge in [0.25, 0.3) is 5.56 Å². The maximum absolute atomic E-state index is 12.3. The van der Waals surface area contributed by atoms with Gasteiger partial charge >= 0.3 is 5.97 Å². The van der Waals surface area contributed by atoms with Gasteiger partial charge in [-0.3, -0.25) is 4.79 Å². The zero-order chi connectivity index (χ0) is 14.3. The van der Waals surface area contributed by atoms with Gasteiger partial charge < -0.3 is 14.6 Å². The van der Waals surface area contributed by atoms with Crippen molar-refractivity contribution in [1.82, 2.24) is 4.57 Å². The molecule has 1 N–H and O–H groups in total. The van der Waals surface area contributed by atoms with Crippen LogP contribution in [0.1, 0.15) is 23.3 Å². The lowest BCUT2D eigenvalue weighted by Crippen LogP contribution is -2.29. The Morgan fingerprint density at radius 2 is 1.75 bits per heavy atom. The number of aromatic carboxylic acids is 1. The molecule has 1 aromatic carbocycles. The number of anilines is 1. The second kappa shape index (κ2) is 4.67. The Hall–Kier alpha value is -2.30. The van der Waals surface area contributed by atoms with E-state index in [0.29, 0.717) is 11.1 Å². The largest absolute Gasteiger partial charge is 0.477 e. The molecule has 2 heterocycles. The Labute approximate surface area is 116 Å². The van der Waals surface area contributed by atoms with Crippen LogP contribution in [0.25, 0.3) is 10.8 Å². The third kappa shape index (κ3) is 1.78. The van der Waals surface area contributed by atoms with E-state index in [9.17, 15) is 14.7 Å². The molecule has 1 aliphatic heterocycles. The lowest BCUT2D eigenvalue weighted by atomic mass is 10.1. The van der Waals surface area contributed by atoms with Crippen molar-refractivity contribution >= 4 is 22.4 Å². The molecular weight excluding hydrogens is 256 g/mol. The normalized spacial score (nSPS) is 14.9. The standard InChI is InChI=1S/C15H16N2O3/c1-16-13(15(19)20)12(17-8-4-5-9-17)10-6-2-3-7-11(10)14(16)18/h2-3,6-7H,4-5,8-9H2,1H3,(H,19,20). The monoisotopic (exact) mass is 272 g/mol. The first kappa shape index (κ1) is 12.7. The predicted molar refractivity (Wildman–Crippen MR) is 77.6 cm³/mol. The van der Waals surface area contributed by atoms with Crippen molar-refractivity contribution in [1.29, 1.82) is 0 Å². The minimum atomic E-state index is -1.06. The van der Waals surface area contributed by atoms with Gasteiger partial charge in [-0.15, -0.1) is 0 Å². The quantitative estimate of drug-likeness (QED) is 0.906. The minimum Gasteiger partial charge on any atom is -0.477 e. The molecule has 104 valence electrons. The molecule has 0 unspecified atom stereocenters. The Balaban J connectivity index is 2.44. The Morgan fingerprint density at radius 3 is 2.35 bits per heavy atom. The average Bonchev–Trinajstić information content (AvgIpc) is 2.96. The van der Waals surface area contributed by atoms with Crippen molar-refractivity contribution < 1.29 is 9.90 Å². The first-order valence-corrected chi connectivity index (χ1v) is 6.71. The fraction of sp³-hybridized carbons (Fsp3) is 0.333. The number of pyridine rings is 1. The molecule has 1 fully saturated rings. The number of carboxylic acids is 1.